The van der Waals surface area contributed by atoms with Crippen molar-refractivity contribution in [3.05, 3.63) is 0 Å². The van der Waals surface area contributed by atoms with E-state index >= 15 is 0 Å². The van der Waals surface area contributed by atoms with Gasteiger partial charge < -0.3 is 5.73 Å². The van der Waals surface area contributed by atoms with Gasteiger partial charge in [0.15, 0.2) is 0 Å². The lowest BCUT2D eigenvalue weighted by Crippen LogP contribution is -2.22. The van der Waals surface area contributed by atoms with Gasteiger partial charge in [-0.25, -0.2) is 0 Å². The summed E-state index contributed by atoms with van der Waals surface area (Å²) >= 11 is 5.31. The molecule has 0 saturated carbocycles. The number of rotatable bonds is 0. The molecule has 2 heteroatoms. The van der Waals surface area contributed by atoms with Gasteiger partial charge in [0.1, 0.15) is 0 Å². The van der Waals surface area contributed by atoms with Crippen molar-refractivity contribution in [2.75, 3.05) is 0 Å². The molecular formula is C3H8ClN. The van der Waals surface area contributed by atoms with Crippen molar-refractivity contribution in [2.45, 2.75) is 18.8 Å². The van der Waals surface area contributed by atoms with Crippen LogP contribution in [0.4, 0.5) is 0 Å². The molecule has 0 amide bonds. The normalized spacial score (nSPS) is 12.0. The molecule has 1 nitrogen and oxygen atoms in total. The molecule has 0 aliphatic heterocycles. The molecule has 0 heterocycles. The third-order valence-electron chi connectivity index (χ3n) is 0. The van der Waals surface area contributed by atoms with Gasteiger partial charge in [-0.05, 0) is 13.8 Å². The first kappa shape index (κ1) is 5.25. The fourth-order valence-electron chi connectivity index (χ4n) is 0. The Balaban J connectivity index is 3.02. The van der Waals surface area contributed by atoms with Gasteiger partial charge in [0.05, 0.1) is 5.00 Å². The quantitative estimate of drug-likeness (QED) is 0.350. The minimum Gasteiger partial charge on any atom is -0.313 e. The summed E-state index contributed by atoms with van der Waals surface area (Å²) in [6, 6.07) is 0. The van der Waals surface area contributed by atoms with Gasteiger partial charge in [-0.3, -0.25) is 0 Å². The van der Waals surface area contributed by atoms with Crippen LogP contribution in [0.3, 0.4) is 0 Å². The molecule has 2 N–H and O–H groups in total. The molecule has 0 saturated heterocycles. The first-order valence-electron chi connectivity index (χ1n) is 1.48. The zero-order chi connectivity index (χ0) is 4.50. The molecular weight excluding hydrogens is 85.5 g/mol. The van der Waals surface area contributed by atoms with Crippen molar-refractivity contribution >= 4 is 11.6 Å². The first-order valence-corrected chi connectivity index (χ1v) is 1.86. The first-order chi connectivity index (χ1) is 2.00. The zero-order valence-electron chi connectivity index (χ0n) is 3.46. The lowest BCUT2D eigenvalue weighted by atomic mass is 10.4. The summed E-state index contributed by atoms with van der Waals surface area (Å²) in [5, 5.41) is 0. The number of hydrogen-bond donors (Lipinski definition) is 1. The molecule has 0 unspecified atom stereocenters. The van der Waals surface area contributed by atoms with E-state index in [9.17, 15) is 0 Å². The third kappa shape index (κ3) is 344. The van der Waals surface area contributed by atoms with E-state index in [1.165, 1.54) is 0 Å². The highest BCUT2D eigenvalue weighted by Gasteiger charge is 1.99. The summed E-state index contributed by atoms with van der Waals surface area (Å²) in [5.74, 6) is 0. The lowest BCUT2D eigenvalue weighted by molar-refractivity contribution is 0.743. The van der Waals surface area contributed by atoms with Gasteiger partial charge in [-0.2, -0.15) is 0 Å². The molecule has 0 atom stereocenters. The summed E-state index contributed by atoms with van der Waals surface area (Å²) < 4.78 is 0. The summed E-state index contributed by atoms with van der Waals surface area (Å²) in [7, 11) is 0. The Bertz CT molecular complexity index is 22.4. The van der Waals surface area contributed by atoms with E-state index < -0.39 is 5.00 Å². The average molecular weight is 93.6 g/mol. The number of alkyl halides is 1. The number of nitrogens with two attached hydrogens (primary N) is 1. The second-order valence-electron chi connectivity index (χ2n) is 1.56. The molecule has 0 radical (unpaired) electrons. The Kier molecular flexibility index (Phi) is 1.21. The van der Waals surface area contributed by atoms with Crippen molar-refractivity contribution < 1.29 is 0 Å². The molecule has 0 fully saturated rings. The van der Waals surface area contributed by atoms with E-state index in [0.29, 0.717) is 0 Å². The fraction of sp³-hybridized carbons (Fsp3) is 1.00. The van der Waals surface area contributed by atoms with Crippen LogP contribution in [0.1, 0.15) is 13.8 Å². The Morgan fingerprint density at radius 1 is 1.60 bits per heavy atom. The average Bonchev–Trinajstić information content (AvgIpc) is 0.722. The van der Waals surface area contributed by atoms with Crippen LogP contribution in [0.15, 0.2) is 0 Å². The smallest absolute Gasteiger partial charge is 0.0853 e. The van der Waals surface area contributed by atoms with Crippen molar-refractivity contribution in [1.29, 1.82) is 0 Å². The SMILES string of the molecule is CC(C)(N)Cl. The second kappa shape index (κ2) is 1.15. The molecule has 0 aromatic rings. The van der Waals surface area contributed by atoms with Crippen LogP contribution in [0.5, 0.6) is 0 Å². The predicted octanol–water partition coefficient (Wildman–Crippen LogP) is 0.920. The van der Waals surface area contributed by atoms with Gasteiger partial charge in [0.25, 0.3) is 0 Å². The van der Waals surface area contributed by atoms with Crippen LogP contribution in [-0.4, -0.2) is 5.00 Å². The highest BCUT2D eigenvalue weighted by molar-refractivity contribution is 6.22. The molecule has 5 heavy (non-hydrogen) atoms. The molecule has 0 rings (SSSR count). The van der Waals surface area contributed by atoms with E-state index in [-0.39, 0.29) is 0 Å². The molecule has 0 aliphatic carbocycles. The van der Waals surface area contributed by atoms with Crippen molar-refractivity contribution in [2.24, 2.45) is 5.73 Å². The molecule has 32 valence electrons. The van der Waals surface area contributed by atoms with E-state index in [1.54, 1.807) is 13.8 Å². The Labute approximate surface area is 37.1 Å². The standard InChI is InChI=1S/C3H8ClN/c1-3(2,4)5/h5H2,1-2H3. The van der Waals surface area contributed by atoms with Gasteiger partial charge >= 0.3 is 0 Å². The third-order valence-corrected chi connectivity index (χ3v) is 0. The van der Waals surface area contributed by atoms with E-state index in [4.69, 9.17) is 17.3 Å². The summed E-state index contributed by atoms with van der Waals surface area (Å²) in [5.41, 5.74) is 5.12. The second-order valence-corrected chi connectivity index (χ2v) is 2.54. The molecule has 0 bridgehead atoms. The Hall–Kier alpha value is 0.250. The molecule has 0 spiro atoms. The van der Waals surface area contributed by atoms with Crippen molar-refractivity contribution in [3.63, 3.8) is 0 Å². The zero-order valence-corrected chi connectivity index (χ0v) is 4.21. The van der Waals surface area contributed by atoms with Crippen LogP contribution < -0.4 is 5.73 Å². The van der Waals surface area contributed by atoms with Gasteiger partial charge in [-0.15, -0.1) is 11.6 Å². The largest absolute Gasteiger partial charge is 0.313 e. The fourth-order valence-corrected chi connectivity index (χ4v) is 0. The summed E-state index contributed by atoms with van der Waals surface area (Å²) in [4.78, 5) is -0.528. The monoisotopic (exact) mass is 93.0 g/mol. The minimum absolute atomic E-state index is 0.528. The predicted molar refractivity (Wildman–Crippen MR) is 24.1 cm³/mol. The van der Waals surface area contributed by atoms with Crippen molar-refractivity contribution in [3.8, 4) is 0 Å². The maximum atomic E-state index is 5.31. The van der Waals surface area contributed by atoms with Gasteiger partial charge in [-0.1, -0.05) is 0 Å². The summed E-state index contributed by atoms with van der Waals surface area (Å²) in [6.07, 6.45) is 0. The van der Waals surface area contributed by atoms with Gasteiger partial charge in [0, 0.05) is 0 Å². The Morgan fingerprint density at radius 2 is 1.60 bits per heavy atom. The number of hydrogen-bond acceptors (Lipinski definition) is 1. The van der Waals surface area contributed by atoms with Crippen LogP contribution in [0.25, 0.3) is 0 Å². The Morgan fingerprint density at radius 3 is 1.60 bits per heavy atom. The van der Waals surface area contributed by atoms with E-state index in [1.807, 2.05) is 0 Å². The van der Waals surface area contributed by atoms with Crippen molar-refractivity contribution in [1.82, 2.24) is 0 Å². The maximum absolute atomic E-state index is 5.31. The van der Waals surface area contributed by atoms with E-state index in [0.717, 1.165) is 0 Å². The van der Waals surface area contributed by atoms with Crippen LogP contribution in [0.2, 0.25) is 0 Å². The van der Waals surface area contributed by atoms with Crippen LogP contribution in [0, 0.1) is 0 Å². The minimum atomic E-state index is -0.528. The highest BCUT2D eigenvalue weighted by Crippen LogP contribution is 1.99. The molecule has 0 aromatic carbocycles. The molecule has 0 aliphatic rings. The maximum Gasteiger partial charge on any atom is 0.0853 e. The van der Waals surface area contributed by atoms with E-state index in [2.05, 4.69) is 0 Å². The van der Waals surface area contributed by atoms with Gasteiger partial charge in [0.2, 0.25) is 0 Å². The van der Waals surface area contributed by atoms with Crippen LogP contribution in [-0.2, 0) is 0 Å². The van der Waals surface area contributed by atoms with Crippen LogP contribution >= 0.6 is 11.6 Å². The summed E-state index contributed by atoms with van der Waals surface area (Å²) in [6.45, 7) is 3.46. The number of halogens is 1. The highest BCUT2D eigenvalue weighted by atomic mass is 35.5. The topological polar surface area (TPSA) is 26.0 Å². The molecule has 0 aromatic heterocycles. The lowest BCUT2D eigenvalue weighted by Gasteiger charge is -2.02.